The Morgan fingerprint density at radius 1 is 1.25 bits per heavy atom. The lowest BCUT2D eigenvalue weighted by atomic mass is 9.99. The molecular weight excluding hydrogens is 252 g/mol. The summed E-state index contributed by atoms with van der Waals surface area (Å²) in [5.74, 6) is 1.39. The number of aryl methyl sites for hydroxylation is 1. The number of methoxy groups -OCH3 is 1. The molecule has 0 N–H and O–H groups in total. The first-order chi connectivity index (χ1) is 9.58. The van der Waals surface area contributed by atoms with Crippen LogP contribution >= 0.6 is 0 Å². The maximum Gasteiger partial charge on any atom is 0.163 e. The van der Waals surface area contributed by atoms with Crippen LogP contribution in [0.25, 0.3) is 0 Å². The summed E-state index contributed by atoms with van der Waals surface area (Å²) in [6, 6.07) is 5.79. The van der Waals surface area contributed by atoms with Crippen molar-refractivity contribution in [1.29, 1.82) is 0 Å². The molecule has 0 saturated heterocycles. The third kappa shape index (κ3) is 5.33. The van der Waals surface area contributed by atoms with Gasteiger partial charge in [0.15, 0.2) is 5.78 Å². The van der Waals surface area contributed by atoms with E-state index in [-0.39, 0.29) is 5.78 Å². The quantitative estimate of drug-likeness (QED) is 0.508. The average Bonchev–Trinajstić information content (AvgIpc) is 2.42. The van der Waals surface area contributed by atoms with Crippen molar-refractivity contribution < 1.29 is 14.3 Å². The van der Waals surface area contributed by atoms with Crippen molar-refractivity contribution in [3.8, 4) is 5.75 Å². The van der Waals surface area contributed by atoms with E-state index in [1.54, 1.807) is 7.11 Å². The third-order valence-corrected chi connectivity index (χ3v) is 3.11. The predicted octanol–water partition coefficient (Wildman–Crippen LogP) is 3.89. The average molecular weight is 278 g/mol. The number of Topliss-reactive ketones (excluding diaryl/α,β-unsaturated/α-hetero) is 1. The fourth-order valence-corrected chi connectivity index (χ4v) is 2.03. The first-order valence-electron chi connectivity index (χ1n) is 7.36. The minimum absolute atomic E-state index is 0.185. The lowest BCUT2D eigenvalue weighted by Crippen LogP contribution is -2.07. The summed E-state index contributed by atoms with van der Waals surface area (Å²) in [6.45, 7) is 7.50. The molecule has 1 aromatic rings. The highest BCUT2D eigenvalue weighted by atomic mass is 16.5. The van der Waals surface area contributed by atoms with Crippen molar-refractivity contribution >= 4 is 5.78 Å². The summed E-state index contributed by atoms with van der Waals surface area (Å²) >= 11 is 0. The highest BCUT2D eigenvalue weighted by Crippen LogP contribution is 2.23. The molecule has 0 fully saturated rings. The molecule has 0 saturated carbocycles. The molecule has 0 bridgehead atoms. The fourth-order valence-electron chi connectivity index (χ4n) is 2.03. The summed E-state index contributed by atoms with van der Waals surface area (Å²) in [5.41, 5.74) is 1.89. The van der Waals surface area contributed by atoms with E-state index in [2.05, 4.69) is 20.8 Å². The van der Waals surface area contributed by atoms with Crippen molar-refractivity contribution in [2.24, 2.45) is 5.92 Å². The van der Waals surface area contributed by atoms with Crippen LogP contribution in [0.4, 0.5) is 0 Å². The van der Waals surface area contributed by atoms with Gasteiger partial charge in [0.05, 0.1) is 6.61 Å². The highest BCUT2D eigenvalue weighted by Gasteiger charge is 2.11. The van der Waals surface area contributed by atoms with Gasteiger partial charge in [-0.05, 0) is 24.0 Å². The van der Waals surface area contributed by atoms with E-state index in [4.69, 9.17) is 9.47 Å². The van der Waals surface area contributed by atoms with Crippen LogP contribution in [-0.2, 0) is 11.2 Å². The molecule has 0 amide bonds. The first kappa shape index (κ1) is 16.7. The van der Waals surface area contributed by atoms with Crippen molar-refractivity contribution in [2.45, 2.75) is 40.0 Å². The van der Waals surface area contributed by atoms with Gasteiger partial charge >= 0.3 is 0 Å². The molecular formula is C17H26O3. The monoisotopic (exact) mass is 278 g/mol. The van der Waals surface area contributed by atoms with Crippen LogP contribution in [0, 0.1) is 5.92 Å². The van der Waals surface area contributed by atoms with E-state index in [0.29, 0.717) is 25.6 Å². The zero-order valence-corrected chi connectivity index (χ0v) is 13.1. The van der Waals surface area contributed by atoms with Crippen LogP contribution in [0.3, 0.4) is 0 Å². The molecule has 0 heterocycles. The molecule has 3 heteroatoms. The molecule has 0 radical (unpaired) electrons. The second kappa shape index (κ2) is 8.75. The van der Waals surface area contributed by atoms with Gasteiger partial charge in [0.1, 0.15) is 5.75 Å². The lowest BCUT2D eigenvalue weighted by molar-refractivity contribution is 0.0967. The van der Waals surface area contributed by atoms with Crippen LogP contribution in [0.1, 0.15) is 49.5 Å². The topological polar surface area (TPSA) is 35.5 Å². The number of ether oxygens (including phenoxy) is 2. The van der Waals surface area contributed by atoms with Gasteiger partial charge in [-0.1, -0.05) is 32.9 Å². The molecule has 0 aromatic heterocycles. The highest BCUT2D eigenvalue weighted by molar-refractivity contribution is 5.96. The Bertz CT molecular complexity index is 424. The summed E-state index contributed by atoms with van der Waals surface area (Å²) < 4.78 is 10.8. The Balaban J connectivity index is 2.77. The largest absolute Gasteiger partial charge is 0.493 e. The van der Waals surface area contributed by atoms with Gasteiger partial charge in [-0.25, -0.2) is 0 Å². The van der Waals surface area contributed by atoms with Crippen LogP contribution in [0.2, 0.25) is 0 Å². The van der Waals surface area contributed by atoms with E-state index in [9.17, 15) is 4.79 Å². The first-order valence-corrected chi connectivity index (χ1v) is 7.36. The summed E-state index contributed by atoms with van der Waals surface area (Å²) in [5, 5.41) is 0. The van der Waals surface area contributed by atoms with Crippen LogP contribution in [-0.4, -0.2) is 26.1 Å². The molecule has 20 heavy (non-hydrogen) atoms. The minimum atomic E-state index is 0.185. The number of rotatable bonds is 9. The van der Waals surface area contributed by atoms with Crippen LogP contribution < -0.4 is 4.74 Å². The normalized spacial score (nSPS) is 10.8. The molecule has 112 valence electrons. The van der Waals surface area contributed by atoms with Gasteiger partial charge < -0.3 is 9.47 Å². The van der Waals surface area contributed by atoms with Crippen molar-refractivity contribution in [3.63, 3.8) is 0 Å². The maximum absolute atomic E-state index is 12.1. The van der Waals surface area contributed by atoms with Crippen molar-refractivity contribution in [2.75, 3.05) is 20.3 Å². The van der Waals surface area contributed by atoms with E-state index in [1.807, 2.05) is 18.2 Å². The van der Waals surface area contributed by atoms with Gasteiger partial charge in [-0.15, -0.1) is 0 Å². The number of hydrogen-bond acceptors (Lipinski definition) is 3. The van der Waals surface area contributed by atoms with Gasteiger partial charge in [-0.3, -0.25) is 4.79 Å². The standard InChI is InChI=1S/C17H26O3/c1-5-14-7-8-15(16(18)11-13(2)3)12-17(14)20-10-6-9-19-4/h7-8,12-13H,5-6,9-11H2,1-4H3. The molecule has 0 spiro atoms. The number of benzene rings is 1. The molecule has 0 atom stereocenters. The van der Waals surface area contributed by atoms with Crippen LogP contribution in [0.15, 0.2) is 18.2 Å². The minimum Gasteiger partial charge on any atom is -0.493 e. The lowest BCUT2D eigenvalue weighted by Gasteiger charge is -2.12. The third-order valence-electron chi connectivity index (χ3n) is 3.11. The predicted molar refractivity (Wildman–Crippen MR) is 81.6 cm³/mol. The molecule has 0 aliphatic rings. The Hall–Kier alpha value is -1.35. The van der Waals surface area contributed by atoms with E-state index >= 15 is 0 Å². The molecule has 0 unspecified atom stereocenters. The number of hydrogen-bond donors (Lipinski definition) is 0. The fraction of sp³-hybridized carbons (Fsp3) is 0.588. The second-order valence-electron chi connectivity index (χ2n) is 5.39. The van der Waals surface area contributed by atoms with E-state index in [1.165, 1.54) is 0 Å². The van der Waals surface area contributed by atoms with Gasteiger partial charge in [0.2, 0.25) is 0 Å². The van der Waals surface area contributed by atoms with Gasteiger partial charge in [0.25, 0.3) is 0 Å². The zero-order valence-electron chi connectivity index (χ0n) is 13.1. The molecule has 0 aliphatic carbocycles. The van der Waals surface area contributed by atoms with E-state index in [0.717, 1.165) is 29.7 Å². The summed E-state index contributed by atoms with van der Waals surface area (Å²) in [4.78, 5) is 12.1. The molecule has 0 aliphatic heterocycles. The SMILES string of the molecule is CCc1ccc(C(=O)CC(C)C)cc1OCCCOC. The molecule has 1 rings (SSSR count). The van der Waals surface area contributed by atoms with Crippen LogP contribution in [0.5, 0.6) is 5.75 Å². The zero-order chi connectivity index (χ0) is 15.0. The molecule has 3 nitrogen and oxygen atoms in total. The number of carbonyl (C=O) groups excluding carboxylic acids is 1. The van der Waals surface area contributed by atoms with E-state index < -0.39 is 0 Å². The maximum atomic E-state index is 12.1. The Labute approximate surface area is 122 Å². The Kier molecular flexibility index (Phi) is 7.31. The van der Waals surface area contributed by atoms with Gasteiger partial charge in [-0.2, -0.15) is 0 Å². The van der Waals surface area contributed by atoms with Crippen molar-refractivity contribution in [1.82, 2.24) is 0 Å². The number of ketones is 1. The second-order valence-corrected chi connectivity index (χ2v) is 5.39. The number of carbonyl (C=O) groups is 1. The smallest absolute Gasteiger partial charge is 0.163 e. The summed E-state index contributed by atoms with van der Waals surface area (Å²) in [7, 11) is 1.68. The summed E-state index contributed by atoms with van der Waals surface area (Å²) in [6.07, 6.45) is 2.33. The van der Waals surface area contributed by atoms with Crippen molar-refractivity contribution in [3.05, 3.63) is 29.3 Å². The van der Waals surface area contributed by atoms with Gasteiger partial charge in [0, 0.05) is 32.1 Å². The Morgan fingerprint density at radius 2 is 2.00 bits per heavy atom. The molecule has 1 aromatic carbocycles. The Morgan fingerprint density at radius 3 is 2.60 bits per heavy atom.